The Morgan fingerprint density at radius 3 is 2.20 bits per heavy atom. The van der Waals surface area contributed by atoms with Crippen molar-refractivity contribution in [3.8, 4) is 0 Å². The lowest BCUT2D eigenvalue weighted by molar-refractivity contribution is -0.171. The SMILES string of the molecule is CON(C)C(=O)C(CO[Si](C)(C)C(C)(C)C)NC(=O)O. The highest BCUT2D eigenvalue weighted by Crippen LogP contribution is 2.36. The molecule has 0 aromatic rings. The topological polar surface area (TPSA) is 88.1 Å². The van der Waals surface area contributed by atoms with Gasteiger partial charge >= 0.3 is 6.09 Å². The monoisotopic (exact) mass is 306 g/mol. The lowest BCUT2D eigenvalue weighted by Gasteiger charge is -2.37. The number of nitrogens with one attached hydrogen (secondary N) is 1. The molecule has 0 heterocycles. The second-order valence-electron chi connectivity index (χ2n) is 6.09. The predicted molar refractivity (Wildman–Crippen MR) is 77.9 cm³/mol. The van der Waals surface area contributed by atoms with Gasteiger partial charge in [-0.15, -0.1) is 0 Å². The Labute approximate surface area is 121 Å². The summed E-state index contributed by atoms with van der Waals surface area (Å²) in [5, 5.41) is 11.9. The molecule has 0 rings (SSSR count). The standard InChI is InChI=1S/C12H26N2O5Si/c1-12(2,3)20(6,7)19-8-9(13-11(16)17)10(15)14(4)18-5/h9,13H,8H2,1-7H3,(H,16,17). The first-order valence-corrected chi connectivity index (χ1v) is 9.28. The van der Waals surface area contributed by atoms with Crippen LogP contribution in [0.25, 0.3) is 0 Å². The number of hydrogen-bond donors (Lipinski definition) is 2. The van der Waals surface area contributed by atoms with Gasteiger partial charge < -0.3 is 14.8 Å². The van der Waals surface area contributed by atoms with E-state index in [1.54, 1.807) is 0 Å². The van der Waals surface area contributed by atoms with Crippen LogP contribution >= 0.6 is 0 Å². The average Bonchev–Trinajstić information content (AvgIpc) is 2.30. The first-order valence-electron chi connectivity index (χ1n) is 6.37. The van der Waals surface area contributed by atoms with Crippen molar-refractivity contribution in [3.63, 3.8) is 0 Å². The summed E-state index contributed by atoms with van der Waals surface area (Å²) < 4.78 is 5.88. The number of carbonyl (C=O) groups excluding carboxylic acids is 1. The maximum atomic E-state index is 12.0. The molecule has 0 fully saturated rings. The van der Waals surface area contributed by atoms with E-state index < -0.39 is 26.4 Å². The molecule has 0 saturated heterocycles. The highest BCUT2D eigenvalue weighted by atomic mass is 28.4. The molecule has 20 heavy (non-hydrogen) atoms. The van der Waals surface area contributed by atoms with Gasteiger partial charge in [0.05, 0.1) is 13.7 Å². The van der Waals surface area contributed by atoms with Gasteiger partial charge in [-0.3, -0.25) is 9.63 Å². The van der Waals surface area contributed by atoms with Crippen molar-refractivity contribution in [2.75, 3.05) is 20.8 Å². The second-order valence-corrected chi connectivity index (χ2v) is 10.9. The summed E-state index contributed by atoms with van der Waals surface area (Å²) in [6, 6.07) is -0.980. The van der Waals surface area contributed by atoms with E-state index in [4.69, 9.17) is 14.4 Å². The molecule has 0 radical (unpaired) electrons. The van der Waals surface area contributed by atoms with Gasteiger partial charge in [-0.1, -0.05) is 20.8 Å². The van der Waals surface area contributed by atoms with Crippen LogP contribution in [-0.2, 0) is 14.1 Å². The molecule has 0 aliphatic rings. The molecule has 118 valence electrons. The van der Waals surface area contributed by atoms with Gasteiger partial charge in [-0.25, -0.2) is 9.86 Å². The molecule has 0 aromatic carbocycles. The Morgan fingerprint density at radius 1 is 1.35 bits per heavy atom. The Kier molecular flexibility index (Phi) is 6.65. The summed E-state index contributed by atoms with van der Waals surface area (Å²) in [5.74, 6) is -0.492. The van der Waals surface area contributed by atoms with Crippen LogP contribution < -0.4 is 5.32 Å². The largest absolute Gasteiger partial charge is 0.465 e. The van der Waals surface area contributed by atoms with Gasteiger partial charge in [0.1, 0.15) is 6.04 Å². The minimum atomic E-state index is -2.05. The Morgan fingerprint density at radius 2 is 1.85 bits per heavy atom. The first-order chi connectivity index (χ1) is 8.92. The van der Waals surface area contributed by atoms with E-state index in [1.807, 2.05) is 13.1 Å². The summed E-state index contributed by atoms with van der Waals surface area (Å²) in [6.07, 6.45) is -1.27. The molecule has 2 N–H and O–H groups in total. The maximum Gasteiger partial charge on any atom is 0.405 e. The van der Waals surface area contributed by atoms with Crippen molar-refractivity contribution < 1.29 is 24.0 Å². The molecule has 0 aliphatic carbocycles. The highest BCUT2D eigenvalue weighted by molar-refractivity contribution is 6.74. The Bertz CT molecular complexity index is 354. The van der Waals surface area contributed by atoms with E-state index in [9.17, 15) is 9.59 Å². The lowest BCUT2D eigenvalue weighted by Crippen LogP contribution is -2.52. The first kappa shape index (κ1) is 18.9. The molecule has 1 atom stereocenters. The van der Waals surface area contributed by atoms with Gasteiger partial charge in [-0.05, 0) is 18.1 Å². The van der Waals surface area contributed by atoms with Crippen molar-refractivity contribution in [3.05, 3.63) is 0 Å². The van der Waals surface area contributed by atoms with Crippen molar-refractivity contribution in [1.82, 2.24) is 10.4 Å². The maximum absolute atomic E-state index is 12.0. The summed E-state index contributed by atoms with van der Waals surface area (Å²) in [6.45, 7) is 10.3. The zero-order valence-electron chi connectivity index (χ0n) is 13.3. The van der Waals surface area contributed by atoms with Crippen molar-refractivity contribution in [2.45, 2.75) is 44.9 Å². The van der Waals surface area contributed by atoms with Crippen molar-refractivity contribution in [1.29, 1.82) is 0 Å². The molecule has 0 spiro atoms. The van der Waals surface area contributed by atoms with E-state index in [0.29, 0.717) is 0 Å². The van der Waals surface area contributed by atoms with Crippen molar-refractivity contribution >= 4 is 20.3 Å². The molecule has 7 nitrogen and oxygen atoms in total. The van der Waals surface area contributed by atoms with Gasteiger partial charge in [0.15, 0.2) is 8.32 Å². The summed E-state index contributed by atoms with van der Waals surface area (Å²) in [7, 11) is 0.706. The average molecular weight is 306 g/mol. The smallest absolute Gasteiger partial charge is 0.405 e. The van der Waals surface area contributed by atoms with Gasteiger partial charge in [-0.2, -0.15) is 0 Å². The molecule has 0 saturated carbocycles. The second kappa shape index (κ2) is 7.05. The van der Waals surface area contributed by atoms with Crippen LogP contribution in [0, 0.1) is 0 Å². The molecule has 8 heteroatoms. The third-order valence-corrected chi connectivity index (χ3v) is 8.10. The molecular formula is C12H26N2O5Si. The highest BCUT2D eigenvalue weighted by Gasteiger charge is 2.38. The number of nitrogens with zero attached hydrogens (tertiary/aromatic N) is 1. The van der Waals surface area contributed by atoms with Crippen LogP contribution in [0.15, 0.2) is 0 Å². The number of rotatable bonds is 6. The Balaban J connectivity index is 4.84. The lowest BCUT2D eigenvalue weighted by atomic mass is 10.2. The normalized spacial score (nSPS) is 13.8. The number of carboxylic acid groups (broad SMARTS) is 1. The minimum Gasteiger partial charge on any atom is -0.465 e. The number of likely N-dealkylation sites (N-methyl/N-ethyl adjacent to an activating group) is 1. The van der Waals surface area contributed by atoms with Gasteiger partial charge in [0.25, 0.3) is 5.91 Å². The van der Waals surface area contributed by atoms with Crippen LogP contribution in [0.1, 0.15) is 20.8 Å². The third kappa shape index (κ3) is 5.47. The van der Waals surface area contributed by atoms with Gasteiger partial charge in [0, 0.05) is 7.05 Å². The van der Waals surface area contributed by atoms with E-state index >= 15 is 0 Å². The molecule has 1 unspecified atom stereocenters. The van der Waals surface area contributed by atoms with E-state index in [-0.39, 0.29) is 11.6 Å². The van der Waals surface area contributed by atoms with Crippen LogP contribution in [0.5, 0.6) is 0 Å². The van der Waals surface area contributed by atoms with Gasteiger partial charge in [0.2, 0.25) is 0 Å². The minimum absolute atomic E-state index is 0.00464. The fourth-order valence-electron chi connectivity index (χ4n) is 1.14. The van der Waals surface area contributed by atoms with Crippen LogP contribution in [-0.4, -0.2) is 57.3 Å². The third-order valence-electron chi connectivity index (χ3n) is 3.60. The van der Waals surface area contributed by atoms with E-state index in [0.717, 1.165) is 5.06 Å². The van der Waals surface area contributed by atoms with E-state index in [1.165, 1.54) is 14.2 Å². The summed E-state index contributed by atoms with van der Waals surface area (Å²) in [5.41, 5.74) is 0. The molecule has 0 aromatic heterocycles. The van der Waals surface area contributed by atoms with Crippen LogP contribution in [0.2, 0.25) is 18.1 Å². The fourth-order valence-corrected chi connectivity index (χ4v) is 2.16. The summed E-state index contributed by atoms with van der Waals surface area (Å²) >= 11 is 0. The molecule has 0 aliphatic heterocycles. The fraction of sp³-hybridized carbons (Fsp3) is 0.833. The number of hydroxylamine groups is 2. The van der Waals surface area contributed by atoms with Crippen molar-refractivity contribution in [2.24, 2.45) is 0 Å². The predicted octanol–water partition coefficient (Wildman–Crippen LogP) is 1.66. The summed E-state index contributed by atoms with van der Waals surface area (Å²) in [4.78, 5) is 27.5. The molecular weight excluding hydrogens is 280 g/mol. The Hall–Kier alpha value is -1.12. The number of hydrogen-bond acceptors (Lipinski definition) is 4. The number of amides is 2. The molecule has 2 amide bonds. The number of carbonyl (C=O) groups is 2. The van der Waals surface area contributed by atoms with Crippen LogP contribution in [0.3, 0.4) is 0 Å². The quantitative estimate of drug-likeness (QED) is 0.575. The zero-order valence-corrected chi connectivity index (χ0v) is 14.3. The van der Waals surface area contributed by atoms with E-state index in [2.05, 4.69) is 26.1 Å². The zero-order chi connectivity index (χ0) is 16.1. The van der Waals surface area contributed by atoms with Crippen LogP contribution in [0.4, 0.5) is 4.79 Å². The molecule has 0 bridgehead atoms.